The molecule has 2 N–H and O–H groups in total. The third-order valence-corrected chi connectivity index (χ3v) is 7.36. The number of anilines is 3. The Balaban J connectivity index is 1.20. The number of ether oxygens (including phenoxy) is 1. The predicted molar refractivity (Wildman–Crippen MR) is 149 cm³/mol. The smallest absolute Gasteiger partial charge is 0.338 e. The second kappa shape index (κ2) is 11.5. The van der Waals surface area contributed by atoms with Crippen molar-refractivity contribution in [2.45, 2.75) is 32.1 Å². The first kappa shape index (κ1) is 26.8. The van der Waals surface area contributed by atoms with Crippen molar-refractivity contribution < 1.29 is 28.7 Å². The zero-order valence-electron chi connectivity index (χ0n) is 22.0. The first-order valence-corrected chi connectivity index (χ1v) is 13.2. The van der Waals surface area contributed by atoms with Crippen LogP contribution < -0.4 is 15.5 Å². The Morgan fingerprint density at radius 1 is 0.825 bits per heavy atom. The van der Waals surface area contributed by atoms with Crippen LogP contribution in [0.15, 0.2) is 78.9 Å². The van der Waals surface area contributed by atoms with E-state index in [9.17, 15) is 24.0 Å². The molecular weight excluding hydrogens is 510 g/mol. The summed E-state index contributed by atoms with van der Waals surface area (Å²) in [5.41, 5.74) is 2.68. The monoisotopic (exact) mass is 539 g/mol. The Kier molecular flexibility index (Phi) is 7.72. The fourth-order valence-electron chi connectivity index (χ4n) is 5.49. The number of carbonyl (C=O) groups is 5. The molecule has 0 aromatic heterocycles. The summed E-state index contributed by atoms with van der Waals surface area (Å²) in [5, 5.41) is 5.24. The molecule has 3 aromatic carbocycles. The molecule has 0 unspecified atom stereocenters. The van der Waals surface area contributed by atoms with Gasteiger partial charge in [-0.25, -0.2) is 4.79 Å². The molecule has 40 heavy (non-hydrogen) atoms. The summed E-state index contributed by atoms with van der Waals surface area (Å²) in [7, 11) is 0. The van der Waals surface area contributed by atoms with Crippen molar-refractivity contribution in [1.29, 1.82) is 0 Å². The normalized spacial score (nSPS) is 20.0. The molecule has 1 heterocycles. The van der Waals surface area contributed by atoms with Gasteiger partial charge in [-0.15, -0.1) is 0 Å². The van der Waals surface area contributed by atoms with Crippen LogP contribution in [0.4, 0.5) is 17.1 Å². The van der Waals surface area contributed by atoms with Crippen LogP contribution in [0.2, 0.25) is 0 Å². The zero-order valence-corrected chi connectivity index (χ0v) is 22.0. The summed E-state index contributed by atoms with van der Waals surface area (Å²) in [6, 6.07) is 22.7. The highest BCUT2D eigenvalue weighted by molar-refractivity contribution is 6.22. The number of nitrogens with zero attached hydrogens (tertiary/aromatic N) is 1. The molecular formula is C31H29N3O6. The summed E-state index contributed by atoms with van der Waals surface area (Å²) in [6.45, 7) is 0.872. The van der Waals surface area contributed by atoms with Crippen LogP contribution in [-0.2, 0) is 23.9 Å². The third-order valence-electron chi connectivity index (χ3n) is 7.36. The van der Waals surface area contributed by atoms with Crippen molar-refractivity contribution in [2.75, 3.05) is 22.1 Å². The molecule has 1 saturated heterocycles. The van der Waals surface area contributed by atoms with Crippen molar-refractivity contribution in [3.8, 4) is 0 Å². The maximum Gasteiger partial charge on any atom is 0.338 e. The van der Waals surface area contributed by atoms with Gasteiger partial charge in [-0.2, -0.15) is 0 Å². The lowest BCUT2D eigenvalue weighted by Crippen LogP contribution is -2.31. The summed E-state index contributed by atoms with van der Waals surface area (Å²) >= 11 is 0. The largest absolute Gasteiger partial charge is 0.452 e. The van der Waals surface area contributed by atoms with Crippen LogP contribution in [0.1, 0.15) is 48.0 Å². The fourth-order valence-corrected chi connectivity index (χ4v) is 5.49. The van der Waals surface area contributed by atoms with E-state index in [0.29, 0.717) is 29.9 Å². The molecule has 1 aliphatic heterocycles. The number of rotatable bonds is 7. The van der Waals surface area contributed by atoms with E-state index in [1.165, 1.54) is 29.5 Å². The number of carbonyl (C=O) groups excluding carboxylic acids is 5. The van der Waals surface area contributed by atoms with Crippen molar-refractivity contribution in [3.05, 3.63) is 90.0 Å². The maximum atomic E-state index is 13.4. The third kappa shape index (κ3) is 5.78. The molecule has 5 rings (SSSR count). The number of amides is 4. The molecule has 9 nitrogen and oxygen atoms in total. The summed E-state index contributed by atoms with van der Waals surface area (Å²) in [6.07, 6.45) is 2.09. The van der Waals surface area contributed by atoms with Crippen LogP contribution in [0.25, 0.3) is 0 Å². The Labute approximate surface area is 231 Å². The molecule has 3 aromatic rings. The summed E-state index contributed by atoms with van der Waals surface area (Å²) < 4.78 is 5.17. The van der Waals surface area contributed by atoms with Crippen molar-refractivity contribution in [3.63, 3.8) is 0 Å². The molecule has 0 spiro atoms. The summed E-state index contributed by atoms with van der Waals surface area (Å²) in [4.78, 5) is 63.9. The van der Waals surface area contributed by atoms with Gasteiger partial charge in [-0.1, -0.05) is 36.4 Å². The van der Waals surface area contributed by atoms with Crippen LogP contribution in [0, 0.1) is 11.8 Å². The quantitative estimate of drug-likeness (QED) is 0.337. The van der Waals surface area contributed by atoms with E-state index >= 15 is 0 Å². The Morgan fingerprint density at radius 3 is 2.20 bits per heavy atom. The molecule has 0 bridgehead atoms. The van der Waals surface area contributed by atoms with Gasteiger partial charge in [0.05, 0.1) is 23.1 Å². The first-order chi connectivity index (χ1) is 19.3. The van der Waals surface area contributed by atoms with Gasteiger partial charge >= 0.3 is 5.97 Å². The number of hydrogen-bond acceptors (Lipinski definition) is 6. The number of fused-ring (bicyclic) bond motifs is 1. The van der Waals surface area contributed by atoms with Gasteiger partial charge in [0.15, 0.2) is 6.61 Å². The van der Waals surface area contributed by atoms with Gasteiger partial charge in [0.2, 0.25) is 17.7 Å². The molecule has 1 aliphatic carbocycles. The molecule has 9 heteroatoms. The minimum Gasteiger partial charge on any atom is -0.452 e. The highest BCUT2D eigenvalue weighted by atomic mass is 16.5. The second-order valence-corrected chi connectivity index (χ2v) is 10.1. The van der Waals surface area contributed by atoms with Gasteiger partial charge in [0, 0.05) is 18.3 Å². The van der Waals surface area contributed by atoms with E-state index < -0.39 is 24.4 Å². The van der Waals surface area contributed by atoms with Gasteiger partial charge in [0.25, 0.3) is 5.91 Å². The van der Waals surface area contributed by atoms with Crippen LogP contribution in [0.3, 0.4) is 0 Å². The summed E-state index contributed by atoms with van der Waals surface area (Å²) in [5.74, 6) is -2.52. The predicted octanol–water partition coefficient (Wildman–Crippen LogP) is 4.51. The second-order valence-electron chi connectivity index (χ2n) is 10.1. The zero-order chi connectivity index (χ0) is 28.2. The number of imide groups is 1. The van der Waals surface area contributed by atoms with E-state index in [4.69, 9.17) is 4.74 Å². The van der Waals surface area contributed by atoms with Crippen LogP contribution in [-0.4, -0.2) is 36.2 Å². The average Bonchev–Trinajstić information content (AvgIpc) is 3.21. The average molecular weight is 540 g/mol. The van der Waals surface area contributed by atoms with Gasteiger partial charge in [-0.05, 0) is 73.2 Å². The van der Waals surface area contributed by atoms with E-state index in [1.54, 1.807) is 36.4 Å². The standard InChI is InChI=1S/C31H29N3O6/c1-19(35)32-23-11-13-24(14-12-23)33-28(36)18-40-31(39)22-8-5-9-25(16-22)34-29(37)26-15-10-21(17-27(26)30(34)38)20-6-3-2-4-7-20/h2-9,11-14,16,21,26-27H,10,15,17-18H2,1H3,(H,32,35)(H,33,36)/t21-,26+,27+/m0/s1. The van der Waals surface area contributed by atoms with Gasteiger partial charge in [-0.3, -0.25) is 24.1 Å². The molecule has 204 valence electrons. The molecule has 2 aliphatic rings. The number of esters is 1. The number of hydrogen-bond donors (Lipinski definition) is 2. The molecule has 1 saturated carbocycles. The molecule has 0 radical (unpaired) electrons. The Hall–Kier alpha value is -4.79. The van der Waals surface area contributed by atoms with Crippen molar-refractivity contribution in [2.24, 2.45) is 11.8 Å². The van der Waals surface area contributed by atoms with Crippen molar-refractivity contribution in [1.82, 2.24) is 0 Å². The fraction of sp³-hybridized carbons (Fsp3) is 0.258. The van der Waals surface area contributed by atoms with Crippen molar-refractivity contribution >= 4 is 46.7 Å². The van der Waals surface area contributed by atoms with E-state index in [1.807, 2.05) is 18.2 Å². The van der Waals surface area contributed by atoms with Gasteiger partial charge < -0.3 is 15.4 Å². The molecule has 4 amide bonds. The topological polar surface area (TPSA) is 122 Å². The Morgan fingerprint density at radius 2 is 1.50 bits per heavy atom. The number of nitrogens with one attached hydrogen (secondary N) is 2. The highest BCUT2D eigenvalue weighted by Crippen LogP contribution is 2.45. The SMILES string of the molecule is CC(=O)Nc1ccc(NC(=O)COC(=O)c2cccc(N3C(=O)[C@@H]4CC[C@H](c5ccccc5)C[C@H]4C3=O)c2)cc1. The van der Waals surface area contributed by atoms with Gasteiger partial charge in [0.1, 0.15) is 0 Å². The van der Waals surface area contributed by atoms with Crippen LogP contribution >= 0.6 is 0 Å². The minimum atomic E-state index is -0.751. The minimum absolute atomic E-state index is 0.127. The lowest BCUT2D eigenvalue weighted by Gasteiger charge is -2.28. The maximum absolute atomic E-state index is 13.4. The lowest BCUT2D eigenvalue weighted by atomic mass is 9.73. The molecule has 2 fully saturated rings. The highest BCUT2D eigenvalue weighted by Gasteiger charge is 2.50. The first-order valence-electron chi connectivity index (χ1n) is 13.2. The lowest BCUT2D eigenvalue weighted by molar-refractivity contribution is -0.122. The van der Waals surface area contributed by atoms with E-state index in [-0.39, 0.29) is 35.1 Å². The van der Waals surface area contributed by atoms with E-state index in [2.05, 4.69) is 22.8 Å². The van der Waals surface area contributed by atoms with E-state index in [0.717, 1.165) is 6.42 Å². The van der Waals surface area contributed by atoms with Crippen LogP contribution in [0.5, 0.6) is 0 Å². The molecule has 3 atom stereocenters. The Bertz CT molecular complexity index is 1450. The number of benzene rings is 3.